The number of nitrogens with one attached hydrogen (secondary N) is 1. The zero-order chi connectivity index (χ0) is 24.5. The number of carbonyl (C=O) groups excluding carboxylic acids is 1. The lowest BCUT2D eigenvalue weighted by molar-refractivity contribution is -0.123. The van der Waals surface area contributed by atoms with E-state index in [0.717, 1.165) is 17.5 Å². The molecule has 0 bridgehead atoms. The minimum Gasteiger partial charge on any atom is -0.461 e. The van der Waals surface area contributed by atoms with Crippen LogP contribution in [-0.2, 0) is 11.2 Å². The number of amides is 1. The van der Waals surface area contributed by atoms with Crippen molar-refractivity contribution in [1.29, 1.82) is 0 Å². The van der Waals surface area contributed by atoms with E-state index in [2.05, 4.69) is 25.5 Å². The summed E-state index contributed by atoms with van der Waals surface area (Å²) in [5.41, 5.74) is 9.09. The van der Waals surface area contributed by atoms with Crippen LogP contribution >= 0.6 is 0 Å². The SMILES string of the molecule is Nc1nc2c(cnn2[C@@H](C(=O)NCCc2ccccc2)c2ccccc2)c2nc(-c3ccco3)nn12. The summed E-state index contributed by atoms with van der Waals surface area (Å²) in [6.45, 7) is 0.488. The van der Waals surface area contributed by atoms with Crippen LogP contribution in [0.25, 0.3) is 28.3 Å². The fraction of sp³-hybridized carbons (Fsp3) is 0.115. The van der Waals surface area contributed by atoms with Crippen LogP contribution in [0.15, 0.2) is 89.7 Å². The van der Waals surface area contributed by atoms with Crippen molar-refractivity contribution in [3.8, 4) is 11.6 Å². The lowest BCUT2D eigenvalue weighted by Gasteiger charge is -2.18. The largest absolute Gasteiger partial charge is 0.461 e. The number of benzene rings is 2. The quantitative estimate of drug-likeness (QED) is 0.360. The molecule has 6 rings (SSSR count). The van der Waals surface area contributed by atoms with Gasteiger partial charge in [-0.05, 0) is 29.7 Å². The van der Waals surface area contributed by atoms with Gasteiger partial charge in [0, 0.05) is 6.54 Å². The minimum absolute atomic E-state index is 0.126. The number of nitrogens with zero attached hydrogens (tertiary/aromatic N) is 6. The topological polar surface area (TPSA) is 129 Å². The van der Waals surface area contributed by atoms with E-state index in [1.54, 1.807) is 29.3 Å². The Kier molecular flexibility index (Phi) is 5.38. The van der Waals surface area contributed by atoms with Gasteiger partial charge in [-0.15, -0.1) is 5.10 Å². The number of hydrogen-bond donors (Lipinski definition) is 2. The molecule has 6 aromatic rings. The summed E-state index contributed by atoms with van der Waals surface area (Å²) in [7, 11) is 0. The number of hydrogen-bond acceptors (Lipinski definition) is 7. The van der Waals surface area contributed by atoms with Gasteiger partial charge in [-0.2, -0.15) is 14.6 Å². The van der Waals surface area contributed by atoms with Gasteiger partial charge in [-0.25, -0.2) is 9.67 Å². The maximum absolute atomic E-state index is 13.5. The molecule has 0 aliphatic heterocycles. The molecule has 0 unspecified atom stereocenters. The Balaban J connectivity index is 1.39. The summed E-state index contributed by atoms with van der Waals surface area (Å²) < 4.78 is 8.46. The van der Waals surface area contributed by atoms with Gasteiger partial charge in [-0.3, -0.25) is 4.79 Å². The third kappa shape index (κ3) is 3.84. The van der Waals surface area contributed by atoms with Gasteiger partial charge in [0.1, 0.15) is 0 Å². The van der Waals surface area contributed by atoms with Crippen LogP contribution < -0.4 is 11.1 Å². The molecule has 0 spiro atoms. The predicted octanol–water partition coefficient (Wildman–Crippen LogP) is 3.26. The normalized spacial score (nSPS) is 12.2. The number of furan rings is 1. The first-order valence-electron chi connectivity index (χ1n) is 11.5. The fourth-order valence-electron chi connectivity index (χ4n) is 4.24. The third-order valence-electron chi connectivity index (χ3n) is 5.96. The summed E-state index contributed by atoms with van der Waals surface area (Å²) in [6.07, 6.45) is 3.90. The summed E-state index contributed by atoms with van der Waals surface area (Å²) in [5, 5.41) is 12.7. The lowest BCUT2D eigenvalue weighted by atomic mass is 10.1. The van der Waals surface area contributed by atoms with Gasteiger partial charge < -0.3 is 15.5 Å². The number of rotatable bonds is 7. The number of aromatic nitrogens is 6. The average Bonchev–Trinajstić information content (AvgIpc) is 3.66. The van der Waals surface area contributed by atoms with E-state index < -0.39 is 6.04 Å². The Morgan fingerprint density at radius 2 is 1.75 bits per heavy atom. The van der Waals surface area contributed by atoms with E-state index in [0.29, 0.717) is 34.8 Å². The second-order valence-electron chi connectivity index (χ2n) is 8.28. The number of anilines is 1. The van der Waals surface area contributed by atoms with E-state index in [4.69, 9.17) is 10.2 Å². The van der Waals surface area contributed by atoms with Crippen molar-refractivity contribution in [2.45, 2.75) is 12.5 Å². The van der Waals surface area contributed by atoms with Crippen molar-refractivity contribution in [2.75, 3.05) is 12.3 Å². The standard InChI is InChI=1S/C26H22N8O2/c27-26-31-24-19(23-30-22(32-34(23)26)20-12-7-15-36-20)16-29-33(24)21(18-10-5-2-6-11-18)25(35)28-14-13-17-8-3-1-4-9-17/h1-12,15-16,21H,13-14H2,(H2,27,31)(H,28,35)/t21-/m1/s1. The Labute approximate surface area is 205 Å². The molecular formula is C26H22N8O2. The second kappa shape index (κ2) is 8.99. The Morgan fingerprint density at radius 3 is 2.50 bits per heavy atom. The molecular weight excluding hydrogens is 456 g/mol. The van der Waals surface area contributed by atoms with Crippen molar-refractivity contribution in [1.82, 2.24) is 34.7 Å². The Hall–Kier alpha value is -4.99. The molecule has 0 aliphatic carbocycles. The van der Waals surface area contributed by atoms with Crippen LogP contribution in [0.3, 0.4) is 0 Å². The van der Waals surface area contributed by atoms with E-state index in [1.165, 1.54) is 4.52 Å². The maximum atomic E-state index is 13.5. The van der Waals surface area contributed by atoms with Crippen LogP contribution in [0.2, 0.25) is 0 Å². The minimum atomic E-state index is -0.749. The second-order valence-corrected chi connectivity index (χ2v) is 8.28. The van der Waals surface area contributed by atoms with Crippen LogP contribution in [-0.4, -0.2) is 41.8 Å². The van der Waals surface area contributed by atoms with Crippen molar-refractivity contribution in [3.05, 3.63) is 96.4 Å². The van der Waals surface area contributed by atoms with Gasteiger partial charge in [0.25, 0.3) is 0 Å². The molecule has 0 aliphatic rings. The van der Waals surface area contributed by atoms with Crippen LogP contribution in [0.1, 0.15) is 17.2 Å². The molecule has 0 saturated carbocycles. The fourth-order valence-corrected chi connectivity index (χ4v) is 4.24. The number of nitrogens with two attached hydrogens (primary N) is 1. The van der Waals surface area contributed by atoms with Crippen molar-refractivity contribution < 1.29 is 9.21 Å². The molecule has 3 N–H and O–H groups in total. The zero-order valence-electron chi connectivity index (χ0n) is 19.2. The molecule has 36 heavy (non-hydrogen) atoms. The van der Waals surface area contributed by atoms with Crippen molar-refractivity contribution in [3.63, 3.8) is 0 Å². The Morgan fingerprint density at radius 1 is 0.972 bits per heavy atom. The summed E-state index contributed by atoms with van der Waals surface area (Å²) in [5.74, 6) is 0.826. The molecule has 178 valence electrons. The van der Waals surface area contributed by atoms with E-state index >= 15 is 0 Å². The van der Waals surface area contributed by atoms with E-state index in [1.807, 2.05) is 60.7 Å². The molecule has 4 heterocycles. The molecule has 2 aromatic carbocycles. The Bertz CT molecular complexity index is 1640. The van der Waals surface area contributed by atoms with E-state index in [9.17, 15) is 4.79 Å². The first kappa shape index (κ1) is 21.5. The highest BCUT2D eigenvalue weighted by molar-refractivity contribution is 5.92. The molecule has 0 radical (unpaired) electrons. The summed E-state index contributed by atoms with van der Waals surface area (Å²) >= 11 is 0. The first-order valence-corrected chi connectivity index (χ1v) is 11.5. The molecule has 1 amide bonds. The van der Waals surface area contributed by atoms with Gasteiger partial charge in [0.2, 0.25) is 17.7 Å². The molecule has 0 fully saturated rings. The molecule has 0 saturated heterocycles. The molecule has 10 nitrogen and oxygen atoms in total. The van der Waals surface area contributed by atoms with Crippen molar-refractivity contribution >= 4 is 28.5 Å². The smallest absolute Gasteiger partial charge is 0.249 e. The van der Waals surface area contributed by atoms with E-state index in [-0.39, 0.29) is 11.9 Å². The molecule has 1 atom stereocenters. The predicted molar refractivity (Wildman–Crippen MR) is 134 cm³/mol. The maximum Gasteiger partial charge on any atom is 0.249 e. The van der Waals surface area contributed by atoms with Crippen LogP contribution in [0, 0.1) is 0 Å². The highest BCUT2D eigenvalue weighted by atomic mass is 16.3. The average molecular weight is 479 g/mol. The van der Waals surface area contributed by atoms with Gasteiger partial charge in [-0.1, -0.05) is 60.7 Å². The van der Waals surface area contributed by atoms with Crippen LogP contribution in [0.5, 0.6) is 0 Å². The number of fused-ring (bicyclic) bond motifs is 3. The summed E-state index contributed by atoms with van der Waals surface area (Å²) in [4.78, 5) is 22.7. The van der Waals surface area contributed by atoms with Crippen LogP contribution in [0.4, 0.5) is 5.95 Å². The first-order chi connectivity index (χ1) is 17.7. The van der Waals surface area contributed by atoms with Gasteiger partial charge >= 0.3 is 0 Å². The molecule has 10 heteroatoms. The summed E-state index contributed by atoms with van der Waals surface area (Å²) in [6, 6.07) is 22.3. The highest BCUT2D eigenvalue weighted by Gasteiger charge is 2.27. The van der Waals surface area contributed by atoms with Gasteiger partial charge in [0.15, 0.2) is 23.1 Å². The zero-order valence-corrected chi connectivity index (χ0v) is 19.2. The van der Waals surface area contributed by atoms with Gasteiger partial charge in [0.05, 0.1) is 17.8 Å². The lowest BCUT2D eigenvalue weighted by Crippen LogP contribution is -2.35. The highest BCUT2D eigenvalue weighted by Crippen LogP contribution is 2.27. The number of nitrogen functional groups attached to an aromatic ring is 1. The monoisotopic (exact) mass is 478 g/mol. The molecule has 4 aromatic heterocycles. The third-order valence-corrected chi connectivity index (χ3v) is 5.96. The number of carbonyl (C=O) groups is 1. The van der Waals surface area contributed by atoms with Crippen molar-refractivity contribution in [2.24, 2.45) is 0 Å².